The fourth-order valence-electron chi connectivity index (χ4n) is 3.94. The topological polar surface area (TPSA) is 15.3 Å². The van der Waals surface area contributed by atoms with Crippen molar-refractivity contribution in [2.45, 2.75) is 71.5 Å². The Morgan fingerprint density at radius 2 is 1.88 bits per heavy atom. The molecule has 1 heterocycles. The number of hydrogen-bond donors (Lipinski definition) is 1. The van der Waals surface area contributed by atoms with Gasteiger partial charge >= 0.3 is 0 Å². The summed E-state index contributed by atoms with van der Waals surface area (Å²) in [6.45, 7) is 11.9. The van der Waals surface area contributed by atoms with Crippen LogP contribution in [0, 0.1) is 11.8 Å². The monoisotopic (exact) mass is 238 g/mol. The average molecular weight is 238 g/mol. The summed E-state index contributed by atoms with van der Waals surface area (Å²) in [5.41, 5.74) is 0. The molecule has 1 aliphatic carbocycles. The molecule has 2 rings (SSSR count). The van der Waals surface area contributed by atoms with Crippen molar-refractivity contribution in [2.24, 2.45) is 11.8 Å². The van der Waals surface area contributed by atoms with Gasteiger partial charge in [-0.15, -0.1) is 0 Å². The lowest BCUT2D eigenvalue weighted by atomic mass is 9.85. The van der Waals surface area contributed by atoms with Crippen LogP contribution in [0.3, 0.4) is 0 Å². The summed E-state index contributed by atoms with van der Waals surface area (Å²) in [6.07, 6.45) is 5.65. The zero-order valence-electron chi connectivity index (χ0n) is 12.1. The third-order valence-corrected chi connectivity index (χ3v) is 5.22. The Balaban J connectivity index is 1.93. The molecule has 0 radical (unpaired) electrons. The normalized spacial score (nSPS) is 44.1. The van der Waals surface area contributed by atoms with Crippen LogP contribution in [0.2, 0.25) is 0 Å². The second kappa shape index (κ2) is 5.71. The SMILES string of the molecule is CCNC1CCN(C2CCC(C)C2)C(C)C1C. The van der Waals surface area contributed by atoms with Crippen LogP contribution in [-0.2, 0) is 0 Å². The highest BCUT2D eigenvalue weighted by Gasteiger charge is 2.37. The molecule has 17 heavy (non-hydrogen) atoms. The van der Waals surface area contributed by atoms with Gasteiger partial charge < -0.3 is 5.32 Å². The number of piperidine rings is 1. The summed E-state index contributed by atoms with van der Waals surface area (Å²) in [5.74, 6) is 1.74. The molecule has 0 aromatic rings. The Labute approximate surface area is 107 Å². The molecule has 0 aromatic heterocycles. The van der Waals surface area contributed by atoms with E-state index in [1.165, 1.54) is 32.2 Å². The van der Waals surface area contributed by atoms with Crippen molar-refractivity contribution in [1.29, 1.82) is 0 Å². The maximum absolute atomic E-state index is 3.66. The minimum atomic E-state index is 0.741. The number of nitrogens with one attached hydrogen (secondary N) is 1. The van der Waals surface area contributed by atoms with Crippen LogP contribution in [0.4, 0.5) is 0 Å². The predicted octanol–water partition coefficient (Wildman–Crippen LogP) is 2.88. The zero-order chi connectivity index (χ0) is 12.4. The molecule has 1 N–H and O–H groups in total. The summed E-state index contributed by atoms with van der Waals surface area (Å²) in [6, 6.07) is 2.37. The van der Waals surface area contributed by atoms with Gasteiger partial charge in [0.2, 0.25) is 0 Å². The van der Waals surface area contributed by atoms with Crippen molar-refractivity contribution in [3.63, 3.8) is 0 Å². The summed E-state index contributed by atoms with van der Waals surface area (Å²) in [7, 11) is 0. The van der Waals surface area contributed by atoms with Crippen molar-refractivity contribution >= 4 is 0 Å². The molecule has 0 spiro atoms. The fourth-order valence-corrected chi connectivity index (χ4v) is 3.94. The zero-order valence-corrected chi connectivity index (χ0v) is 12.1. The predicted molar refractivity (Wildman–Crippen MR) is 74.2 cm³/mol. The van der Waals surface area contributed by atoms with Crippen LogP contribution in [0.1, 0.15) is 53.4 Å². The first kappa shape index (κ1) is 13.4. The Bertz CT molecular complexity index is 241. The lowest BCUT2D eigenvalue weighted by Gasteiger charge is -2.46. The number of hydrogen-bond acceptors (Lipinski definition) is 2. The molecule has 1 aliphatic heterocycles. The van der Waals surface area contributed by atoms with Crippen LogP contribution >= 0.6 is 0 Å². The molecule has 100 valence electrons. The van der Waals surface area contributed by atoms with Crippen LogP contribution in [-0.4, -0.2) is 36.1 Å². The first-order valence-corrected chi connectivity index (χ1v) is 7.62. The number of rotatable bonds is 3. The molecule has 1 saturated carbocycles. The van der Waals surface area contributed by atoms with Gasteiger partial charge in [0.05, 0.1) is 0 Å². The minimum Gasteiger partial charge on any atom is -0.314 e. The van der Waals surface area contributed by atoms with Gasteiger partial charge in [0.25, 0.3) is 0 Å². The quantitative estimate of drug-likeness (QED) is 0.813. The van der Waals surface area contributed by atoms with Crippen molar-refractivity contribution in [1.82, 2.24) is 10.2 Å². The molecule has 0 bridgehead atoms. The van der Waals surface area contributed by atoms with E-state index in [-0.39, 0.29) is 0 Å². The van der Waals surface area contributed by atoms with E-state index in [1.807, 2.05) is 0 Å². The number of likely N-dealkylation sites (tertiary alicyclic amines) is 1. The highest BCUT2D eigenvalue weighted by molar-refractivity contribution is 4.93. The second-order valence-corrected chi connectivity index (χ2v) is 6.36. The van der Waals surface area contributed by atoms with Gasteiger partial charge in [-0.3, -0.25) is 4.90 Å². The molecule has 5 atom stereocenters. The van der Waals surface area contributed by atoms with Gasteiger partial charge in [-0.2, -0.15) is 0 Å². The van der Waals surface area contributed by atoms with Crippen molar-refractivity contribution < 1.29 is 0 Å². The molecule has 0 aromatic carbocycles. The second-order valence-electron chi connectivity index (χ2n) is 6.36. The molecule has 2 aliphatic rings. The molecular weight excluding hydrogens is 208 g/mol. The standard InChI is InChI=1S/C15H30N2/c1-5-16-15-8-9-17(13(4)12(15)3)14-7-6-11(2)10-14/h11-16H,5-10H2,1-4H3. The van der Waals surface area contributed by atoms with Gasteiger partial charge in [0.15, 0.2) is 0 Å². The molecule has 5 unspecified atom stereocenters. The van der Waals surface area contributed by atoms with E-state index in [9.17, 15) is 0 Å². The van der Waals surface area contributed by atoms with Crippen molar-refractivity contribution in [3.8, 4) is 0 Å². The molecule has 2 nitrogen and oxygen atoms in total. The third kappa shape index (κ3) is 2.85. The Hall–Kier alpha value is -0.0800. The molecule has 0 amide bonds. The van der Waals surface area contributed by atoms with E-state index >= 15 is 0 Å². The van der Waals surface area contributed by atoms with Crippen molar-refractivity contribution in [2.75, 3.05) is 13.1 Å². The van der Waals surface area contributed by atoms with Crippen LogP contribution < -0.4 is 5.32 Å². The lowest BCUT2D eigenvalue weighted by molar-refractivity contribution is 0.0480. The highest BCUT2D eigenvalue weighted by Crippen LogP contribution is 2.34. The Kier molecular flexibility index (Phi) is 4.48. The van der Waals surface area contributed by atoms with Crippen LogP contribution in [0.15, 0.2) is 0 Å². The third-order valence-electron chi connectivity index (χ3n) is 5.22. The highest BCUT2D eigenvalue weighted by atomic mass is 15.2. The lowest BCUT2D eigenvalue weighted by Crippen LogP contribution is -2.55. The molecule has 1 saturated heterocycles. The molecular formula is C15H30N2. The smallest absolute Gasteiger partial charge is 0.0120 e. The first-order valence-electron chi connectivity index (χ1n) is 7.62. The van der Waals surface area contributed by atoms with E-state index in [4.69, 9.17) is 0 Å². The fraction of sp³-hybridized carbons (Fsp3) is 1.00. The summed E-state index contributed by atoms with van der Waals surface area (Å²) in [4.78, 5) is 2.81. The molecule has 2 fully saturated rings. The van der Waals surface area contributed by atoms with Gasteiger partial charge in [-0.1, -0.05) is 20.8 Å². The van der Waals surface area contributed by atoms with E-state index in [0.717, 1.165) is 36.5 Å². The van der Waals surface area contributed by atoms with E-state index < -0.39 is 0 Å². The van der Waals surface area contributed by atoms with Gasteiger partial charge in [0.1, 0.15) is 0 Å². The Morgan fingerprint density at radius 1 is 1.12 bits per heavy atom. The van der Waals surface area contributed by atoms with Crippen LogP contribution in [0.25, 0.3) is 0 Å². The summed E-state index contributed by atoms with van der Waals surface area (Å²) < 4.78 is 0. The summed E-state index contributed by atoms with van der Waals surface area (Å²) in [5, 5.41) is 3.66. The van der Waals surface area contributed by atoms with Gasteiger partial charge in [-0.05, 0) is 51.0 Å². The maximum Gasteiger partial charge on any atom is 0.0120 e. The number of nitrogens with zero attached hydrogens (tertiary/aromatic N) is 1. The Morgan fingerprint density at radius 3 is 2.47 bits per heavy atom. The molecule has 2 heteroatoms. The van der Waals surface area contributed by atoms with E-state index in [0.29, 0.717) is 0 Å². The average Bonchev–Trinajstić information content (AvgIpc) is 2.72. The maximum atomic E-state index is 3.66. The first-order chi connectivity index (χ1) is 8.13. The van der Waals surface area contributed by atoms with Gasteiger partial charge in [0, 0.05) is 24.7 Å². The minimum absolute atomic E-state index is 0.741. The van der Waals surface area contributed by atoms with Crippen molar-refractivity contribution in [3.05, 3.63) is 0 Å². The van der Waals surface area contributed by atoms with E-state index in [1.54, 1.807) is 0 Å². The van der Waals surface area contributed by atoms with E-state index in [2.05, 4.69) is 37.9 Å². The largest absolute Gasteiger partial charge is 0.314 e. The van der Waals surface area contributed by atoms with Crippen LogP contribution in [0.5, 0.6) is 0 Å². The summed E-state index contributed by atoms with van der Waals surface area (Å²) >= 11 is 0. The van der Waals surface area contributed by atoms with Gasteiger partial charge in [-0.25, -0.2) is 0 Å².